The molecule has 0 fully saturated rings. The summed E-state index contributed by atoms with van der Waals surface area (Å²) in [7, 11) is 0. The molecular formula is C18H18N2O2S2. The van der Waals surface area contributed by atoms with E-state index in [-0.39, 0.29) is 5.91 Å². The Labute approximate surface area is 149 Å². The van der Waals surface area contributed by atoms with Gasteiger partial charge < -0.3 is 10.1 Å². The molecule has 0 aliphatic carbocycles. The maximum absolute atomic E-state index is 12.7. The second-order valence-electron chi connectivity index (χ2n) is 5.16. The van der Waals surface area contributed by atoms with E-state index in [2.05, 4.69) is 10.3 Å². The van der Waals surface area contributed by atoms with Crippen molar-refractivity contribution in [3.8, 4) is 9.88 Å². The van der Waals surface area contributed by atoms with Crippen molar-refractivity contribution in [2.24, 2.45) is 0 Å². The van der Waals surface area contributed by atoms with Gasteiger partial charge >= 0.3 is 0 Å². The van der Waals surface area contributed by atoms with Crippen LogP contribution in [0, 0.1) is 6.92 Å². The van der Waals surface area contributed by atoms with Crippen molar-refractivity contribution in [1.82, 2.24) is 4.98 Å². The number of thiophene rings is 1. The van der Waals surface area contributed by atoms with E-state index in [1.165, 1.54) is 11.3 Å². The lowest BCUT2D eigenvalue weighted by Crippen LogP contribution is -2.13. The van der Waals surface area contributed by atoms with Gasteiger partial charge in [0.05, 0.1) is 17.2 Å². The zero-order chi connectivity index (χ0) is 16.9. The Morgan fingerprint density at radius 1 is 1.25 bits per heavy atom. The molecule has 1 N–H and O–H groups in total. The van der Waals surface area contributed by atoms with Crippen LogP contribution in [0.25, 0.3) is 9.88 Å². The van der Waals surface area contributed by atoms with Crippen molar-refractivity contribution in [2.75, 3.05) is 11.9 Å². The maximum Gasteiger partial charge on any atom is 0.267 e. The number of ether oxygens (including phenoxy) is 1. The topological polar surface area (TPSA) is 51.2 Å². The number of thiazole rings is 1. The van der Waals surface area contributed by atoms with Gasteiger partial charge in [-0.2, -0.15) is 0 Å². The Morgan fingerprint density at radius 3 is 2.83 bits per heavy atom. The molecule has 0 unspecified atom stereocenters. The molecule has 0 atom stereocenters. The smallest absolute Gasteiger partial charge is 0.267 e. The average Bonchev–Trinajstić information content (AvgIpc) is 3.23. The minimum atomic E-state index is -0.128. The van der Waals surface area contributed by atoms with Crippen LogP contribution in [0.1, 0.15) is 27.9 Å². The van der Waals surface area contributed by atoms with Crippen molar-refractivity contribution in [3.63, 3.8) is 0 Å². The molecular weight excluding hydrogens is 340 g/mol. The fourth-order valence-corrected chi connectivity index (χ4v) is 4.03. The highest BCUT2D eigenvalue weighted by molar-refractivity contribution is 7.22. The summed E-state index contributed by atoms with van der Waals surface area (Å²) in [5.74, 6) is -0.128. The van der Waals surface area contributed by atoms with Crippen LogP contribution in [-0.4, -0.2) is 17.5 Å². The number of para-hydroxylation sites is 1. The van der Waals surface area contributed by atoms with Crippen molar-refractivity contribution in [3.05, 3.63) is 57.9 Å². The van der Waals surface area contributed by atoms with Gasteiger partial charge in [-0.1, -0.05) is 24.3 Å². The van der Waals surface area contributed by atoms with E-state index in [9.17, 15) is 4.79 Å². The normalized spacial score (nSPS) is 10.8. The van der Waals surface area contributed by atoms with Crippen LogP contribution in [0.2, 0.25) is 0 Å². The molecule has 0 bridgehead atoms. The standard InChI is InChI=1S/C18H18N2O2S2/c1-3-22-11-13-7-4-5-8-14(13)20-17(21)16-12(2)19-18(24-16)15-9-6-10-23-15/h4-10H,3,11H2,1-2H3,(H,20,21). The largest absolute Gasteiger partial charge is 0.377 e. The SMILES string of the molecule is CCOCc1ccccc1NC(=O)c1sc(-c2cccs2)nc1C. The zero-order valence-corrected chi connectivity index (χ0v) is 15.2. The third kappa shape index (κ3) is 3.72. The van der Waals surface area contributed by atoms with Gasteiger partial charge in [-0.25, -0.2) is 4.98 Å². The number of anilines is 1. The average molecular weight is 358 g/mol. The number of carbonyl (C=O) groups excluding carboxylic acids is 1. The van der Waals surface area contributed by atoms with E-state index >= 15 is 0 Å². The second kappa shape index (κ2) is 7.70. The third-order valence-corrected chi connectivity index (χ3v) is 5.66. The fraction of sp³-hybridized carbons (Fsp3) is 0.222. The molecule has 124 valence electrons. The van der Waals surface area contributed by atoms with Crippen LogP contribution in [0.3, 0.4) is 0 Å². The third-order valence-electron chi connectivity index (χ3n) is 3.46. The summed E-state index contributed by atoms with van der Waals surface area (Å²) in [4.78, 5) is 18.9. The highest BCUT2D eigenvalue weighted by Crippen LogP contribution is 2.31. The van der Waals surface area contributed by atoms with Crippen molar-refractivity contribution < 1.29 is 9.53 Å². The summed E-state index contributed by atoms with van der Waals surface area (Å²) in [6.07, 6.45) is 0. The first-order valence-electron chi connectivity index (χ1n) is 7.67. The number of hydrogen-bond donors (Lipinski definition) is 1. The van der Waals surface area contributed by atoms with Gasteiger partial charge in [0.25, 0.3) is 5.91 Å². The van der Waals surface area contributed by atoms with E-state index in [0.717, 1.165) is 26.8 Å². The van der Waals surface area contributed by atoms with Crippen molar-refractivity contribution in [2.45, 2.75) is 20.5 Å². The predicted molar refractivity (Wildman–Crippen MR) is 99.9 cm³/mol. The van der Waals surface area contributed by atoms with E-state index in [4.69, 9.17) is 4.74 Å². The minimum absolute atomic E-state index is 0.128. The summed E-state index contributed by atoms with van der Waals surface area (Å²) < 4.78 is 5.46. The van der Waals surface area contributed by atoms with E-state index in [1.54, 1.807) is 11.3 Å². The summed E-state index contributed by atoms with van der Waals surface area (Å²) >= 11 is 3.05. The summed E-state index contributed by atoms with van der Waals surface area (Å²) in [5.41, 5.74) is 2.50. The molecule has 0 aliphatic heterocycles. The number of amides is 1. The van der Waals surface area contributed by atoms with Crippen LogP contribution >= 0.6 is 22.7 Å². The monoisotopic (exact) mass is 358 g/mol. The van der Waals surface area contributed by atoms with Gasteiger partial charge in [0.1, 0.15) is 9.88 Å². The number of rotatable bonds is 6. The molecule has 1 amide bonds. The molecule has 4 nitrogen and oxygen atoms in total. The van der Waals surface area contributed by atoms with Crippen molar-refractivity contribution in [1.29, 1.82) is 0 Å². The molecule has 1 aromatic carbocycles. The Balaban J connectivity index is 1.81. The number of aryl methyl sites for hydroxylation is 1. The number of nitrogens with one attached hydrogen (secondary N) is 1. The number of aromatic nitrogens is 1. The molecule has 24 heavy (non-hydrogen) atoms. The molecule has 2 heterocycles. The number of benzene rings is 1. The lowest BCUT2D eigenvalue weighted by molar-refractivity contribution is 0.102. The maximum atomic E-state index is 12.7. The van der Waals surface area contributed by atoms with Crippen LogP contribution in [0.5, 0.6) is 0 Å². The van der Waals surface area contributed by atoms with Crippen molar-refractivity contribution >= 4 is 34.3 Å². The summed E-state index contributed by atoms with van der Waals surface area (Å²) in [5, 5.41) is 5.88. The number of hydrogen-bond acceptors (Lipinski definition) is 5. The predicted octanol–water partition coefficient (Wildman–Crippen LogP) is 4.97. The fourth-order valence-electron chi connectivity index (χ4n) is 2.27. The molecule has 0 saturated carbocycles. The second-order valence-corrected chi connectivity index (χ2v) is 7.11. The summed E-state index contributed by atoms with van der Waals surface area (Å²) in [6.45, 7) is 4.94. The van der Waals surface area contributed by atoms with Crippen LogP contribution < -0.4 is 5.32 Å². The van der Waals surface area contributed by atoms with E-state index < -0.39 is 0 Å². The molecule has 3 aromatic rings. The zero-order valence-electron chi connectivity index (χ0n) is 13.5. The molecule has 0 radical (unpaired) electrons. The molecule has 6 heteroatoms. The molecule has 0 spiro atoms. The molecule has 0 saturated heterocycles. The van der Waals surface area contributed by atoms with E-state index in [0.29, 0.717) is 18.1 Å². The Kier molecular flexibility index (Phi) is 5.40. The first-order valence-corrected chi connectivity index (χ1v) is 9.37. The van der Waals surface area contributed by atoms with Gasteiger partial charge in [0, 0.05) is 17.9 Å². The van der Waals surface area contributed by atoms with Gasteiger partial charge in [0.2, 0.25) is 0 Å². The minimum Gasteiger partial charge on any atom is -0.377 e. The van der Waals surface area contributed by atoms with Crippen LogP contribution in [-0.2, 0) is 11.3 Å². The Morgan fingerprint density at radius 2 is 2.08 bits per heavy atom. The first kappa shape index (κ1) is 16.8. The summed E-state index contributed by atoms with van der Waals surface area (Å²) in [6, 6.07) is 11.7. The van der Waals surface area contributed by atoms with Crippen LogP contribution in [0.4, 0.5) is 5.69 Å². The number of nitrogens with zero attached hydrogens (tertiary/aromatic N) is 1. The first-order chi connectivity index (χ1) is 11.7. The molecule has 3 rings (SSSR count). The van der Waals surface area contributed by atoms with E-state index in [1.807, 2.05) is 55.6 Å². The van der Waals surface area contributed by atoms with Gasteiger partial charge in [-0.3, -0.25) is 4.79 Å². The van der Waals surface area contributed by atoms with Gasteiger partial charge in [-0.15, -0.1) is 22.7 Å². The number of carbonyl (C=O) groups is 1. The molecule has 2 aromatic heterocycles. The van der Waals surface area contributed by atoms with Crippen LogP contribution in [0.15, 0.2) is 41.8 Å². The van der Waals surface area contributed by atoms with Gasteiger partial charge in [-0.05, 0) is 31.4 Å². The lowest BCUT2D eigenvalue weighted by atomic mass is 10.2. The quantitative estimate of drug-likeness (QED) is 0.677. The van der Waals surface area contributed by atoms with Gasteiger partial charge in [0.15, 0.2) is 0 Å². The molecule has 0 aliphatic rings. The lowest BCUT2D eigenvalue weighted by Gasteiger charge is -2.10. The highest BCUT2D eigenvalue weighted by atomic mass is 32.1. The Bertz CT molecular complexity index is 825. The highest BCUT2D eigenvalue weighted by Gasteiger charge is 2.17. The Hall–Kier alpha value is -2.02.